The Hall–Kier alpha value is -3.28. The van der Waals surface area contributed by atoms with Crippen molar-refractivity contribution in [1.82, 2.24) is 4.57 Å². The van der Waals surface area contributed by atoms with Crippen LogP contribution in [0.5, 0.6) is 11.5 Å². The van der Waals surface area contributed by atoms with Crippen LogP contribution in [0.3, 0.4) is 0 Å². The zero-order valence-electron chi connectivity index (χ0n) is 13.6. The third kappa shape index (κ3) is 2.18. The second-order valence-electron chi connectivity index (χ2n) is 6.12. The molecule has 25 heavy (non-hydrogen) atoms. The summed E-state index contributed by atoms with van der Waals surface area (Å²) < 4.78 is 1.31. The van der Waals surface area contributed by atoms with Crippen molar-refractivity contribution in [3.05, 3.63) is 63.9 Å². The minimum absolute atomic E-state index is 0.0497. The van der Waals surface area contributed by atoms with Gasteiger partial charge in [0.15, 0.2) is 0 Å². The number of phenolic OH excluding ortho intramolecular Hbond substituents is 1. The van der Waals surface area contributed by atoms with Gasteiger partial charge in [-0.15, -0.1) is 0 Å². The maximum Gasteiger partial charge on any atom is 0.267 e. The number of anilines is 1. The standard InChI is InChI=1S/C19H16N2O4/c1-20-15-7-6-12(22)10-13(15)17(23)16(18(20)24)19(25)21-9-8-11-4-2-3-5-14(11)21/h2-7,10,22-23H,8-9H2,1H3. The summed E-state index contributed by atoms with van der Waals surface area (Å²) in [6.45, 7) is 0.457. The Balaban J connectivity index is 1.93. The first-order chi connectivity index (χ1) is 12.0. The minimum Gasteiger partial charge on any atom is -0.508 e. The van der Waals surface area contributed by atoms with Crippen LogP contribution in [0.15, 0.2) is 47.3 Å². The number of hydrogen-bond acceptors (Lipinski definition) is 4. The van der Waals surface area contributed by atoms with Gasteiger partial charge in [-0.2, -0.15) is 0 Å². The Kier molecular flexibility index (Phi) is 3.28. The Morgan fingerprint density at radius 1 is 1.12 bits per heavy atom. The number of phenols is 1. The molecule has 6 heteroatoms. The number of benzene rings is 2. The highest BCUT2D eigenvalue weighted by Gasteiger charge is 2.30. The van der Waals surface area contributed by atoms with Crippen molar-refractivity contribution in [3.8, 4) is 11.5 Å². The smallest absolute Gasteiger partial charge is 0.267 e. The van der Waals surface area contributed by atoms with Crippen LogP contribution >= 0.6 is 0 Å². The average Bonchev–Trinajstić information content (AvgIpc) is 3.04. The SMILES string of the molecule is Cn1c(=O)c(C(=O)N2CCc3ccccc32)c(O)c2cc(O)ccc21. The van der Waals surface area contributed by atoms with E-state index in [-0.39, 0.29) is 16.7 Å². The second kappa shape index (κ2) is 5.37. The number of para-hydroxylation sites is 1. The van der Waals surface area contributed by atoms with E-state index in [9.17, 15) is 19.8 Å². The van der Waals surface area contributed by atoms with E-state index in [1.807, 2.05) is 24.3 Å². The van der Waals surface area contributed by atoms with Crippen LogP contribution in [-0.2, 0) is 13.5 Å². The normalized spacial score (nSPS) is 13.2. The predicted octanol–water partition coefficient (Wildman–Crippen LogP) is 2.15. The quantitative estimate of drug-likeness (QED) is 0.713. The topological polar surface area (TPSA) is 82.8 Å². The number of amides is 1. The molecule has 1 aliphatic rings. The molecule has 0 saturated carbocycles. The Labute approximate surface area is 143 Å². The first-order valence-electron chi connectivity index (χ1n) is 7.93. The van der Waals surface area contributed by atoms with Crippen molar-refractivity contribution in [3.63, 3.8) is 0 Å². The lowest BCUT2D eigenvalue weighted by Crippen LogP contribution is -2.35. The Bertz CT molecular complexity index is 1080. The van der Waals surface area contributed by atoms with Crippen molar-refractivity contribution in [2.75, 3.05) is 11.4 Å². The fourth-order valence-electron chi connectivity index (χ4n) is 3.40. The van der Waals surface area contributed by atoms with E-state index in [4.69, 9.17) is 0 Å². The van der Waals surface area contributed by atoms with Crippen LogP contribution in [0.25, 0.3) is 10.9 Å². The number of pyridine rings is 1. The monoisotopic (exact) mass is 336 g/mol. The third-order valence-corrected chi connectivity index (χ3v) is 4.70. The molecule has 3 aromatic rings. The number of nitrogens with zero attached hydrogens (tertiary/aromatic N) is 2. The van der Waals surface area contributed by atoms with Crippen LogP contribution in [0, 0.1) is 0 Å². The van der Waals surface area contributed by atoms with Crippen LogP contribution in [0.4, 0.5) is 5.69 Å². The zero-order chi connectivity index (χ0) is 17.7. The van der Waals surface area contributed by atoms with Crippen LogP contribution < -0.4 is 10.5 Å². The number of aryl methyl sites for hydroxylation is 1. The summed E-state index contributed by atoms with van der Waals surface area (Å²) in [6, 6.07) is 11.8. The number of aromatic nitrogens is 1. The first-order valence-corrected chi connectivity index (χ1v) is 7.93. The maximum atomic E-state index is 13.0. The molecule has 0 fully saturated rings. The molecule has 0 aliphatic carbocycles. The van der Waals surface area contributed by atoms with Crippen molar-refractivity contribution in [2.24, 2.45) is 7.05 Å². The summed E-state index contributed by atoms with van der Waals surface area (Å²) in [5, 5.41) is 20.5. The molecule has 2 aromatic carbocycles. The maximum absolute atomic E-state index is 13.0. The number of aromatic hydroxyl groups is 2. The summed E-state index contributed by atoms with van der Waals surface area (Å²) in [7, 11) is 1.54. The van der Waals surface area contributed by atoms with Gasteiger partial charge >= 0.3 is 0 Å². The van der Waals surface area contributed by atoms with E-state index in [0.29, 0.717) is 18.5 Å². The van der Waals surface area contributed by atoms with Gasteiger partial charge in [0.05, 0.1) is 5.52 Å². The molecule has 0 radical (unpaired) electrons. The molecule has 1 aliphatic heterocycles. The highest BCUT2D eigenvalue weighted by molar-refractivity contribution is 6.11. The summed E-state index contributed by atoms with van der Waals surface area (Å²) in [4.78, 5) is 27.2. The number of fused-ring (bicyclic) bond motifs is 2. The van der Waals surface area contributed by atoms with Crippen LogP contribution in [0.2, 0.25) is 0 Å². The summed E-state index contributed by atoms with van der Waals surface area (Å²) >= 11 is 0. The molecule has 0 bridgehead atoms. The van der Waals surface area contributed by atoms with Gasteiger partial charge in [-0.25, -0.2) is 0 Å². The second-order valence-corrected chi connectivity index (χ2v) is 6.12. The largest absolute Gasteiger partial charge is 0.508 e. The van der Waals surface area contributed by atoms with Crippen molar-refractivity contribution in [1.29, 1.82) is 0 Å². The molecular weight excluding hydrogens is 320 g/mol. The van der Waals surface area contributed by atoms with Gasteiger partial charge < -0.3 is 19.7 Å². The fraction of sp³-hybridized carbons (Fsp3) is 0.158. The third-order valence-electron chi connectivity index (χ3n) is 4.70. The van der Waals surface area contributed by atoms with Crippen LogP contribution in [-0.4, -0.2) is 27.2 Å². The van der Waals surface area contributed by atoms with Crippen molar-refractivity contribution in [2.45, 2.75) is 6.42 Å². The molecule has 0 unspecified atom stereocenters. The number of carbonyl (C=O) groups is 1. The van der Waals surface area contributed by atoms with Gasteiger partial charge in [0.2, 0.25) is 0 Å². The number of rotatable bonds is 1. The zero-order valence-corrected chi connectivity index (χ0v) is 13.6. The Morgan fingerprint density at radius 2 is 1.88 bits per heavy atom. The Morgan fingerprint density at radius 3 is 2.68 bits per heavy atom. The molecular formula is C19H16N2O4. The molecule has 2 N–H and O–H groups in total. The van der Waals surface area contributed by atoms with E-state index >= 15 is 0 Å². The highest BCUT2D eigenvalue weighted by Crippen LogP contribution is 2.33. The molecule has 126 valence electrons. The number of carbonyl (C=O) groups excluding carboxylic acids is 1. The summed E-state index contributed by atoms with van der Waals surface area (Å²) in [5.74, 6) is -0.983. The molecule has 0 spiro atoms. The van der Waals surface area contributed by atoms with Gasteiger partial charge in [0, 0.05) is 24.7 Å². The van der Waals surface area contributed by atoms with E-state index in [1.54, 1.807) is 0 Å². The lowest BCUT2D eigenvalue weighted by Gasteiger charge is -2.19. The van der Waals surface area contributed by atoms with Gasteiger partial charge in [0.1, 0.15) is 17.1 Å². The van der Waals surface area contributed by atoms with E-state index in [1.165, 1.54) is 34.7 Å². The average molecular weight is 336 g/mol. The lowest BCUT2D eigenvalue weighted by atomic mass is 10.1. The van der Waals surface area contributed by atoms with Gasteiger partial charge in [-0.1, -0.05) is 18.2 Å². The van der Waals surface area contributed by atoms with E-state index in [0.717, 1.165) is 11.3 Å². The van der Waals surface area contributed by atoms with E-state index < -0.39 is 17.2 Å². The first kappa shape index (κ1) is 15.3. The molecule has 0 saturated heterocycles. The number of hydrogen-bond donors (Lipinski definition) is 2. The van der Waals surface area contributed by atoms with Crippen molar-refractivity contribution < 1.29 is 15.0 Å². The molecule has 4 rings (SSSR count). The van der Waals surface area contributed by atoms with Gasteiger partial charge in [0.25, 0.3) is 11.5 Å². The fourth-order valence-corrected chi connectivity index (χ4v) is 3.40. The van der Waals surface area contributed by atoms with Crippen molar-refractivity contribution >= 4 is 22.5 Å². The summed E-state index contributed by atoms with van der Waals surface area (Å²) in [6.07, 6.45) is 0.706. The highest BCUT2D eigenvalue weighted by atomic mass is 16.3. The molecule has 2 heterocycles. The minimum atomic E-state index is -0.565. The van der Waals surface area contributed by atoms with Crippen LogP contribution in [0.1, 0.15) is 15.9 Å². The van der Waals surface area contributed by atoms with Gasteiger partial charge in [-0.3, -0.25) is 9.59 Å². The molecule has 6 nitrogen and oxygen atoms in total. The summed E-state index contributed by atoms with van der Waals surface area (Å²) in [5.41, 5.74) is 1.39. The molecule has 1 amide bonds. The van der Waals surface area contributed by atoms with E-state index in [2.05, 4.69) is 0 Å². The van der Waals surface area contributed by atoms with Gasteiger partial charge in [-0.05, 0) is 36.2 Å². The lowest BCUT2D eigenvalue weighted by molar-refractivity contribution is 0.0985. The molecule has 0 atom stereocenters. The predicted molar refractivity (Wildman–Crippen MR) is 94.3 cm³/mol. The molecule has 1 aromatic heterocycles.